The van der Waals surface area contributed by atoms with Crippen LogP contribution in [0, 0.1) is 11.7 Å². The quantitative estimate of drug-likeness (QED) is 0.231. The number of carboxylic acid groups (broad SMARTS) is 1. The second kappa shape index (κ2) is 12.8. The van der Waals surface area contributed by atoms with Gasteiger partial charge in [-0.15, -0.1) is 0 Å². The van der Waals surface area contributed by atoms with Crippen LogP contribution in [0.25, 0.3) is 0 Å². The molecule has 1 heterocycles. The summed E-state index contributed by atoms with van der Waals surface area (Å²) >= 11 is 0. The van der Waals surface area contributed by atoms with Gasteiger partial charge in [-0.3, -0.25) is 9.59 Å². The Hall–Kier alpha value is -3.91. The SMILES string of the molecule is CCC(CC)CC1(O)CCN(C(=O)Cc2cc(Oc3ccc(F)cc3)cc(Oc3ccc(C4(C(=O)O)CC4)cc3)c2)CC1. The van der Waals surface area contributed by atoms with Gasteiger partial charge in [-0.25, -0.2) is 4.39 Å². The van der Waals surface area contributed by atoms with Crippen LogP contribution in [-0.2, 0) is 21.4 Å². The largest absolute Gasteiger partial charge is 0.481 e. The molecule has 1 amide bonds. The molecule has 0 aromatic heterocycles. The molecule has 3 aromatic carbocycles. The molecule has 2 fully saturated rings. The number of rotatable bonds is 12. The molecule has 0 atom stereocenters. The van der Waals surface area contributed by atoms with E-state index in [0.29, 0.717) is 73.3 Å². The van der Waals surface area contributed by atoms with Gasteiger partial charge in [-0.05, 0) is 97.7 Å². The van der Waals surface area contributed by atoms with E-state index in [1.165, 1.54) is 24.3 Å². The minimum Gasteiger partial charge on any atom is -0.481 e. The Balaban J connectivity index is 1.31. The Morgan fingerprint density at radius 2 is 1.37 bits per heavy atom. The normalized spacial score (nSPS) is 17.0. The van der Waals surface area contributed by atoms with Crippen LogP contribution in [0.3, 0.4) is 0 Å². The first-order valence-corrected chi connectivity index (χ1v) is 15.2. The molecule has 8 heteroatoms. The van der Waals surface area contributed by atoms with Gasteiger partial charge in [0.25, 0.3) is 0 Å². The van der Waals surface area contributed by atoms with Gasteiger partial charge in [-0.2, -0.15) is 0 Å². The van der Waals surface area contributed by atoms with Crippen LogP contribution in [0.5, 0.6) is 23.0 Å². The molecule has 1 saturated carbocycles. The molecular weight excluding hydrogens is 549 g/mol. The molecule has 1 saturated heterocycles. The monoisotopic (exact) mass is 589 g/mol. The molecule has 7 nitrogen and oxygen atoms in total. The fraction of sp³-hybridized carbons (Fsp3) is 0.429. The number of ether oxygens (including phenoxy) is 2. The third kappa shape index (κ3) is 7.36. The highest BCUT2D eigenvalue weighted by molar-refractivity contribution is 5.85. The number of likely N-dealkylation sites (tertiary alicyclic amines) is 1. The Kier molecular flexibility index (Phi) is 9.06. The maximum atomic E-state index is 13.4. The van der Waals surface area contributed by atoms with Crippen LogP contribution >= 0.6 is 0 Å². The van der Waals surface area contributed by atoms with Crippen LogP contribution in [0.2, 0.25) is 0 Å². The van der Waals surface area contributed by atoms with E-state index in [1.807, 2.05) is 4.90 Å². The topological polar surface area (TPSA) is 96.3 Å². The second-order valence-electron chi connectivity index (χ2n) is 12.1. The molecule has 3 aromatic rings. The van der Waals surface area contributed by atoms with E-state index in [4.69, 9.17) is 9.47 Å². The number of nitrogens with zero attached hydrogens (tertiary/aromatic N) is 1. The van der Waals surface area contributed by atoms with Crippen LogP contribution in [0.4, 0.5) is 4.39 Å². The van der Waals surface area contributed by atoms with Crippen LogP contribution < -0.4 is 9.47 Å². The predicted molar refractivity (Wildman–Crippen MR) is 161 cm³/mol. The number of piperidine rings is 1. The predicted octanol–water partition coefficient (Wildman–Crippen LogP) is 7.25. The third-order valence-corrected chi connectivity index (χ3v) is 9.02. The van der Waals surface area contributed by atoms with E-state index in [1.54, 1.807) is 42.5 Å². The smallest absolute Gasteiger partial charge is 0.314 e. The molecule has 2 aliphatic rings. The average Bonchev–Trinajstić information content (AvgIpc) is 3.80. The van der Waals surface area contributed by atoms with Crippen molar-refractivity contribution in [3.8, 4) is 23.0 Å². The van der Waals surface area contributed by atoms with Crippen molar-refractivity contribution >= 4 is 11.9 Å². The molecule has 228 valence electrons. The Morgan fingerprint density at radius 3 is 1.86 bits per heavy atom. The van der Waals surface area contributed by atoms with Gasteiger partial charge < -0.3 is 24.6 Å². The van der Waals surface area contributed by atoms with E-state index in [2.05, 4.69) is 13.8 Å². The molecule has 0 unspecified atom stereocenters. The zero-order valence-electron chi connectivity index (χ0n) is 24.9. The standard InChI is InChI=1S/C35H40FNO6/c1-3-24(4-2)23-34(41)15-17-37(18-16-34)32(38)21-25-19-30(22-31(20-25)43-29-11-7-27(36)8-12-29)42-28-9-5-26(6-10-28)35(13-14-35)33(39)40/h5-12,19-20,22,24,41H,3-4,13-18,21,23H2,1-2H3,(H,39,40). The minimum absolute atomic E-state index is 0.0396. The molecule has 0 bridgehead atoms. The van der Waals surface area contributed by atoms with E-state index in [9.17, 15) is 24.2 Å². The lowest BCUT2D eigenvalue weighted by molar-refractivity contribution is -0.140. The van der Waals surface area contributed by atoms with Gasteiger partial charge in [0.2, 0.25) is 5.91 Å². The highest BCUT2D eigenvalue weighted by Crippen LogP contribution is 2.48. The molecule has 1 aliphatic carbocycles. The number of benzene rings is 3. The van der Waals surface area contributed by atoms with Crippen molar-refractivity contribution in [1.29, 1.82) is 0 Å². The summed E-state index contributed by atoms with van der Waals surface area (Å²) in [5, 5.41) is 20.7. The first-order valence-electron chi connectivity index (χ1n) is 15.2. The summed E-state index contributed by atoms with van der Waals surface area (Å²) in [5.74, 6) is 1.11. The van der Waals surface area contributed by atoms with Crippen molar-refractivity contribution in [2.75, 3.05) is 13.1 Å². The van der Waals surface area contributed by atoms with Gasteiger partial charge in [0.1, 0.15) is 28.8 Å². The van der Waals surface area contributed by atoms with E-state index < -0.39 is 17.0 Å². The lowest BCUT2D eigenvalue weighted by atomic mass is 9.81. The van der Waals surface area contributed by atoms with Crippen molar-refractivity contribution in [3.05, 3.63) is 83.7 Å². The van der Waals surface area contributed by atoms with E-state index >= 15 is 0 Å². The number of halogens is 1. The number of carbonyl (C=O) groups excluding carboxylic acids is 1. The lowest BCUT2D eigenvalue weighted by Crippen LogP contribution is -2.47. The van der Waals surface area contributed by atoms with Crippen molar-refractivity contribution < 1.29 is 33.7 Å². The summed E-state index contributed by atoms with van der Waals surface area (Å²) < 4.78 is 25.6. The zero-order valence-corrected chi connectivity index (χ0v) is 24.9. The number of aliphatic carboxylic acids is 1. The molecule has 2 N–H and O–H groups in total. The van der Waals surface area contributed by atoms with Crippen molar-refractivity contribution in [2.24, 2.45) is 5.92 Å². The molecule has 1 aliphatic heterocycles. The summed E-state index contributed by atoms with van der Waals surface area (Å²) in [6.45, 7) is 5.32. The summed E-state index contributed by atoms with van der Waals surface area (Å²) in [5.41, 5.74) is -0.0825. The van der Waals surface area contributed by atoms with Gasteiger partial charge in [0, 0.05) is 19.2 Å². The average molecular weight is 590 g/mol. The van der Waals surface area contributed by atoms with Crippen molar-refractivity contribution in [2.45, 2.75) is 76.2 Å². The molecule has 0 spiro atoms. The molecular formula is C35H40FNO6. The van der Waals surface area contributed by atoms with E-state index in [-0.39, 0.29) is 18.1 Å². The number of aliphatic hydroxyl groups is 1. The maximum absolute atomic E-state index is 13.4. The Morgan fingerprint density at radius 1 is 0.837 bits per heavy atom. The van der Waals surface area contributed by atoms with Gasteiger partial charge >= 0.3 is 5.97 Å². The van der Waals surface area contributed by atoms with Crippen LogP contribution in [0.15, 0.2) is 66.7 Å². The molecule has 0 radical (unpaired) electrons. The summed E-state index contributed by atoms with van der Waals surface area (Å²) in [6, 6.07) is 18.0. The molecule has 43 heavy (non-hydrogen) atoms. The fourth-order valence-electron chi connectivity index (χ4n) is 6.00. The first-order chi connectivity index (χ1) is 20.6. The van der Waals surface area contributed by atoms with Gasteiger partial charge in [0.15, 0.2) is 0 Å². The zero-order chi connectivity index (χ0) is 30.6. The number of carbonyl (C=O) groups is 2. The van der Waals surface area contributed by atoms with Gasteiger partial charge in [0.05, 0.1) is 17.4 Å². The van der Waals surface area contributed by atoms with E-state index in [0.717, 1.165) is 24.8 Å². The minimum atomic E-state index is -0.814. The fourth-order valence-corrected chi connectivity index (χ4v) is 6.00. The summed E-state index contributed by atoms with van der Waals surface area (Å²) in [4.78, 5) is 26.9. The van der Waals surface area contributed by atoms with Crippen LogP contribution in [0.1, 0.15) is 69.9 Å². The highest BCUT2D eigenvalue weighted by atomic mass is 19.1. The van der Waals surface area contributed by atoms with Crippen molar-refractivity contribution in [1.82, 2.24) is 4.90 Å². The third-order valence-electron chi connectivity index (χ3n) is 9.02. The number of carboxylic acids is 1. The first kappa shape index (κ1) is 30.5. The molecule has 5 rings (SSSR count). The van der Waals surface area contributed by atoms with Crippen molar-refractivity contribution in [3.63, 3.8) is 0 Å². The second-order valence-corrected chi connectivity index (χ2v) is 12.1. The number of hydrogen-bond acceptors (Lipinski definition) is 5. The summed E-state index contributed by atoms with van der Waals surface area (Å²) in [6.07, 6.45) is 5.34. The number of hydrogen-bond donors (Lipinski definition) is 2. The van der Waals surface area contributed by atoms with Gasteiger partial charge in [-0.1, -0.05) is 38.8 Å². The highest BCUT2D eigenvalue weighted by Gasteiger charge is 2.51. The maximum Gasteiger partial charge on any atom is 0.314 e. The number of amides is 1. The Bertz CT molecular complexity index is 1420. The lowest BCUT2D eigenvalue weighted by Gasteiger charge is -2.40. The summed E-state index contributed by atoms with van der Waals surface area (Å²) in [7, 11) is 0. The Labute approximate surface area is 252 Å². The van der Waals surface area contributed by atoms with Crippen LogP contribution in [-0.4, -0.2) is 45.7 Å².